The summed E-state index contributed by atoms with van der Waals surface area (Å²) in [5.41, 5.74) is 0.693. The highest BCUT2D eigenvalue weighted by Gasteiger charge is 2.20. The first kappa shape index (κ1) is 10.8. The second-order valence-corrected chi connectivity index (χ2v) is 3.41. The minimum atomic E-state index is -0.569. The number of halogens is 2. The standard InChI is InChI=1S/C12H11F2NO/c1-15-12(8-5-6-16-7-8)11-9(13)3-2-4-10(11)14/h2-7,12,15H,1H3. The van der Waals surface area contributed by atoms with E-state index in [2.05, 4.69) is 5.32 Å². The fraction of sp³-hybridized carbons (Fsp3) is 0.167. The molecule has 4 heteroatoms. The summed E-state index contributed by atoms with van der Waals surface area (Å²) in [5.74, 6) is -1.14. The monoisotopic (exact) mass is 223 g/mol. The zero-order valence-corrected chi connectivity index (χ0v) is 8.71. The number of rotatable bonds is 3. The van der Waals surface area contributed by atoms with E-state index >= 15 is 0 Å². The zero-order valence-electron chi connectivity index (χ0n) is 8.71. The third-order valence-electron chi connectivity index (χ3n) is 2.45. The molecule has 84 valence electrons. The molecular formula is C12H11F2NO. The van der Waals surface area contributed by atoms with Gasteiger partial charge in [-0.25, -0.2) is 8.78 Å². The Bertz CT molecular complexity index is 448. The molecule has 16 heavy (non-hydrogen) atoms. The molecule has 0 radical (unpaired) electrons. The lowest BCUT2D eigenvalue weighted by Gasteiger charge is -2.16. The van der Waals surface area contributed by atoms with E-state index in [0.29, 0.717) is 5.56 Å². The maximum atomic E-state index is 13.6. The Morgan fingerprint density at radius 1 is 1.19 bits per heavy atom. The van der Waals surface area contributed by atoms with Crippen LogP contribution in [-0.4, -0.2) is 7.05 Å². The highest BCUT2D eigenvalue weighted by molar-refractivity contribution is 5.31. The molecule has 1 aromatic carbocycles. The first-order valence-corrected chi connectivity index (χ1v) is 4.87. The number of nitrogens with one attached hydrogen (secondary N) is 1. The molecule has 0 aliphatic heterocycles. The van der Waals surface area contributed by atoms with Gasteiger partial charge in [-0.2, -0.15) is 0 Å². The van der Waals surface area contributed by atoms with Crippen LogP contribution < -0.4 is 5.32 Å². The predicted octanol–water partition coefficient (Wildman–Crippen LogP) is 2.87. The van der Waals surface area contributed by atoms with E-state index in [9.17, 15) is 8.78 Å². The van der Waals surface area contributed by atoms with E-state index < -0.39 is 17.7 Å². The maximum absolute atomic E-state index is 13.6. The van der Waals surface area contributed by atoms with Crippen molar-refractivity contribution in [1.29, 1.82) is 0 Å². The van der Waals surface area contributed by atoms with Crippen LogP contribution in [-0.2, 0) is 0 Å². The highest BCUT2D eigenvalue weighted by Crippen LogP contribution is 2.26. The van der Waals surface area contributed by atoms with Crippen molar-refractivity contribution in [3.63, 3.8) is 0 Å². The van der Waals surface area contributed by atoms with Crippen LogP contribution >= 0.6 is 0 Å². The molecule has 1 N–H and O–H groups in total. The lowest BCUT2D eigenvalue weighted by atomic mass is 10.0. The van der Waals surface area contributed by atoms with Gasteiger partial charge >= 0.3 is 0 Å². The van der Waals surface area contributed by atoms with Crippen LogP contribution in [0.4, 0.5) is 8.78 Å². The summed E-state index contributed by atoms with van der Waals surface area (Å²) < 4.78 is 32.1. The van der Waals surface area contributed by atoms with Gasteiger partial charge in [-0.05, 0) is 25.2 Å². The molecule has 0 spiro atoms. The SMILES string of the molecule is CNC(c1ccoc1)c1c(F)cccc1F. The smallest absolute Gasteiger partial charge is 0.131 e. The van der Waals surface area contributed by atoms with Crippen molar-refractivity contribution >= 4 is 0 Å². The predicted molar refractivity (Wildman–Crippen MR) is 56.0 cm³/mol. The molecular weight excluding hydrogens is 212 g/mol. The van der Waals surface area contributed by atoms with Gasteiger partial charge in [0.25, 0.3) is 0 Å². The van der Waals surface area contributed by atoms with Gasteiger partial charge in [-0.15, -0.1) is 0 Å². The summed E-state index contributed by atoms with van der Waals surface area (Å²) >= 11 is 0. The summed E-state index contributed by atoms with van der Waals surface area (Å²) in [7, 11) is 1.64. The molecule has 0 bridgehead atoms. The quantitative estimate of drug-likeness (QED) is 0.865. The van der Waals surface area contributed by atoms with E-state index in [-0.39, 0.29) is 5.56 Å². The van der Waals surface area contributed by atoms with Gasteiger partial charge in [-0.3, -0.25) is 0 Å². The minimum absolute atomic E-state index is 0.00593. The first-order valence-electron chi connectivity index (χ1n) is 4.87. The van der Waals surface area contributed by atoms with Crippen LogP contribution in [0.25, 0.3) is 0 Å². The molecule has 0 saturated heterocycles. The van der Waals surface area contributed by atoms with Crippen LogP contribution in [0.2, 0.25) is 0 Å². The van der Waals surface area contributed by atoms with Crippen LogP contribution in [0.1, 0.15) is 17.2 Å². The summed E-state index contributed by atoms with van der Waals surface area (Å²) in [6, 6.07) is 4.95. The van der Waals surface area contributed by atoms with Crippen LogP contribution in [0.15, 0.2) is 41.2 Å². The van der Waals surface area contributed by atoms with Crippen molar-refractivity contribution < 1.29 is 13.2 Å². The lowest BCUT2D eigenvalue weighted by Crippen LogP contribution is -2.19. The van der Waals surface area contributed by atoms with Crippen LogP contribution in [0, 0.1) is 11.6 Å². The lowest BCUT2D eigenvalue weighted by molar-refractivity contribution is 0.515. The Balaban J connectivity index is 2.49. The summed E-state index contributed by atoms with van der Waals surface area (Å²) in [5, 5.41) is 2.86. The largest absolute Gasteiger partial charge is 0.472 e. The van der Waals surface area contributed by atoms with Crippen molar-refractivity contribution in [2.24, 2.45) is 0 Å². The maximum Gasteiger partial charge on any atom is 0.131 e. The molecule has 2 aromatic rings. The molecule has 1 atom stereocenters. The molecule has 1 unspecified atom stereocenters. The third-order valence-corrected chi connectivity index (χ3v) is 2.45. The number of benzene rings is 1. The van der Waals surface area contributed by atoms with Crippen LogP contribution in [0.5, 0.6) is 0 Å². The Morgan fingerprint density at radius 2 is 1.88 bits per heavy atom. The van der Waals surface area contributed by atoms with Gasteiger partial charge < -0.3 is 9.73 Å². The van der Waals surface area contributed by atoms with Gasteiger partial charge in [0.05, 0.1) is 18.6 Å². The van der Waals surface area contributed by atoms with Crippen molar-refractivity contribution in [3.8, 4) is 0 Å². The Kier molecular flexibility index (Phi) is 3.01. The molecule has 0 fully saturated rings. The second kappa shape index (κ2) is 4.45. The molecule has 0 aliphatic carbocycles. The van der Waals surface area contributed by atoms with Crippen molar-refractivity contribution in [2.75, 3.05) is 7.05 Å². The van der Waals surface area contributed by atoms with Gasteiger partial charge in [0, 0.05) is 11.1 Å². The van der Waals surface area contributed by atoms with E-state index in [0.717, 1.165) is 0 Å². The molecule has 2 rings (SSSR count). The van der Waals surface area contributed by atoms with Gasteiger partial charge in [-0.1, -0.05) is 6.07 Å². The number of hydrogen-bond acceptors (Lipinski definition) is 2. The highest BCUT2D eigenvalue weighted by atomic mass is 19.1. The molecule has 0 amide bonds. The van der Waals surface area contributed by atoms with Crippen LogP contribution in [0.3, 0.4) is 0 Å². The molecule has 2 nitrogen and oxygen atoms in total. The van der Waals surface area contributed by atoms with Gasteiger partial charge in [0.15, 0.2) is 0 Å². The van der Waals surface area contributed by atoms with E-state index in [1.807, 2.05) is 0 Å². The zero-order chi connectivity index (χ0) is 11.5. The molecule has 1 aromatic heterocycles. The third kappa shape index (κ3) is 1.84. The van der Waals surface area contributed by atoms with Gasteiger partial charge in [0.2, 0.25) is 0 Å². The normalized spacial score (nSPS) is 12.7. The fourth-order valence-corrected chi connectivity index (χ4v) is 1.70. The minimum Gasteiger partial charge on any atom is -0.472 e. The van der Waals surface area contributed by atoms with Crippen molar-refractivity contribution in [3.05, 3.63) is 59.6 Å². The topological polar surface area (TPSA) is 25.2 Å². The Labute approximate surface area is 91.9 Å². The van der Waals surface area contributed by atoms with Crippen molar-refractivity contribution in [1.82, 2.24) is 5.32 Å². The average Bonchev–Trinajstić information content (AvgIpc) is 2.77. The van der Waals surface area contributed by atoms with E-state index in [1.165, 1.54) is 30.7 Å². The average molecular weight is 223 g/mol. The fourth-order valence-electron chi connectivity index (χ4n) is 1.70. The van der Waals surface area contributed by atoms with Crippen molar-refractivity contribution in [2.45, 2.75) is 6.04 Å². The summed E-state index contributed by atoms with van der Waals surface area (Å²) in [6.07, 6.45) is 2.94. The molecule has 0 saturated carbocycles. The Hall–Kier alpha value is -1.68. The summed E-state index contributed by atoms with van der Waals surface area (Å²) in [4.78, 5) is 0. The number of hydrogen-bond donors (Lipinski definition) is 1. The van der Waals surface area contributed by atoms with E-state index in [1.54, 1.807) is 13.1 Å². The first-order chi connectivity index (χ1) is 7.74. The molecule has 1 heterocycles. The Morgan fingerprint density at radius 3 is 2.38 bits per heavy atom. The summed E-state index contributed by atoms with van der Waals surface area (Å²) in [6.45, 7) is 0. The van der Waals surface area contributed by atoms with E-state index in [4.69, 9.17) is 4.42 Å². The molecule has 0 aliphatic rings. The van der Waals surface area contributed by atoms with Gasteiger partial charge in [0.1, 0.15) is 11.6 Å². The number of furan rings is 1. The second-order valence-electron chi connectivity index (χ2n) is 3.41.